The van der Waals surface area contributed by atoms with Crippen LogP contribution in [-0.4, -0.2) is 39.8 Å². The number of carbonyl (C=O) groups excluding carboxylic acids is 2. The fraction of sp³-hybridized carbons (Fsp3) is 0.812. The van der Waals surface area contributed by atoms with E-state index in [1.54, 1.807) is 23.6 Å². The number of hydrogen-bond donors (Lipinski definition) is 0. The van der Waals surface area contributed by atoms with Crippen LogP contribution in [0.4, 0.5) is 0 Å². The Kier molecular flexibility index (Phi) is 4.60. The zero-order valence-electron chi connectivity index (χ0n) is 14.5. The van der Waals surface area contributed by atoms with E-state index in [9.17, 15) is 9.59 Å². The number of carbonyl (C=O) groups is 2. The van der Waals surface area contributed by atoms with Gasteiger partial charge in [0.25, 0.3) is 0 Å². The maximum atomic E-state index is 12.6. The van der Waals surface area contributed by atoms with Crippen LogP contribution in [0.3, 0.4) is 0 Å². The Hall–Kier alpha value is -0.970. The number of rotatable bonds is 2. The van der Waals surface area contributed by atoms with Crippen molar-refractivity contribution in [2.24, 2.45) is 16.2 Å². The Bertz CT molecular complexity index is 430. The summed E-state index contributed by atoms with van der Waals surface area (Å²) in [4.78, 5) is 28.5. The number of hydrogen-bond acceptors (Lipinski definition) is 3. The lowest BCUT2D eigenvalue weighted by Crippen LogP contribution is -2.65. The molecular weight excluding hydrogens is 284 g/mol. The zero-order chi connectivity index (χ0) is 16.8. The fourth-order valence-corrected chi connectivity index (χ4v) is 2.61. The van der Waals surface area contributed by atoms with Crippen molar-refractivity contribution in [1.29, 1.82) is 0 Å². The van der Waals surface area contributed by atoms with Gasteiger partial charge in [0, 0.05) is 13.1 Å². The van der Waals surface area contributed by atoms with E-state index in [1.807, 2.05) is 0 Å². The minimum atomic E-state index is -1.06. The Labute approximate surface area is 133 Å². The molecule has 0 radical (unpaired) electrons. The van der Waals surface area contributed by atoms with Crippen LogP contribution < -0.4 is 0 Å². The Morgan fingerprint density at radius 1 is 0.857 bits per heavy atom. The lowest BCUT2D eigenvalue weighted by atomic mass is 9.85. The molecule has 1 fully saturated rings. The van der Waals surface area contributed by atoms with Crippen molar-refractivity contribution >= 4 is 29.1 Å². The Morgan fingerprint density at radius 2 is 1.14 bits per heavy atom. The largest absolute Gasteiger partial charge is 0.287 e. The smallest absolute Gasteiger partial charge is 0.243 e. The van der Waals surface area contributed by atoms with Crippen molar-refractivity contribution in [3.63, 3.8) is 0 Å². The van der Waals surface area contributed by atoms with Crippen LogP contribution in [0.15, 0.2) is 0 Å². The summed E-state index contributed by atoms with van der Waals surface area (Å²) >= 11 is 5.45. The van der Waals surface area contributed by atoms with Gasteiger partial charge in [-0.05, 0) is 36.9 Å². The highest BCUT2D eigenvalue weighted by Crippen LogP contribution is 2.32. The van der Waals surface area contributed by atoms with Crippen molar-refractivity contribution in [3.05, 3.63) is 0 Å². The maximum Gasteiger partial charge on any atom is 0.243 e. The van der Waals surface area contributed by atoms with Crippen molar-refractivity contribution < 1.29 is 9.59 Å². The molecule has 1 heterocycles. The molecule has 1 aliphatic rings. The van der Waals surface area contributed by atoms with Gasteiger partial charge in [-0.1, -0.05) is 41.5 Å². The molecule has 0 unspecified atom stereocenters. The second kappa shape index (κ2) is 5.34. The van der Waals surface area contributed by atoms with E-state index in [2.05, 4.69) is 41.5 Å². The lowest BCUT2D eigenvalue weighted by Gasteiger charge is -2.46. The first-order valence-electron chi connectivity index (χ1n) is 7.35. The average Bonchev–Trinajstić information content (AvgIpc) is 2.26. The number of thiocarbonyl (C=S) groups is 1. The molecule has 0 aromatic carbocycles. The first-order valence-corrected chi connectivity index (χ1v) is 7.75. The Morgan fingerprint density at radius 3 is 1.38 bits per heavy atom. The molecule has 0 aliphatic carbocycles. The van der Waals surface area contributed by atoms with Gasteiger partial charge < -0.3 is 0 Å². The lowest BCUT2D eigenvalue weighted by molar-refractivity contribution is -0.155. The Balaban J connectivity index is 3.20. The van der Waals surface area contributed by atoms with Crippen LogP contribution in [0.1, 0.15) is 55.4 Å². The summed E-state index contributed by atoms with van der Waals surface area (Å²) < 4.78 is 0. The van der Waals surface area contributed by atoms with E-state index in [1.165, 1.54) is 0 Å². The molecule has 0 saturated carbocycles. The van der Waals surface area contributed by atoms with Crippen LogP contribution >= 0.6 is 12.2 Å². The quantitative estimate of drug-likeness (QED) is 0.581. The van der Waals surface area contributed by atoms with Crippen molar-refractivity contribution in [1.82, 2.24) is 9.80 Å². The molecular formula is C16H28N2O2S. The van der Waals surface area contributed by atoms with Gasteiger partial charge in [0.05, 0.1) is 0 Å². The third-order valence-corrected chi connectivity index (χ3v) is 3.73. The van der Waals surface area contributed by atoms with Gasteiger partial charge in [-0.2, -0.15) is 0 Å². The SMILES string of the molecule is CC(C)(C)CN1C(=O)C(C)(C)C(=O)N(CC(C)(C)C)C1=S. The predicted molar refractivity (Wildman–Crippen MR) is 88.7 cm³/mol. The summed E-state index contributed by atoms with van der Waals surface area (Å²) in [6, 6.07) is 0. The highest BCUT2D eigenvalue weighted by Gasteiger charge is 2.50. The summed E-state index contributed by atoms with van der Waals surface area (Å²) in [6.45, 7) is 16.7. The van der Waals surface area contributed by atoms with E-state index < -0.39 is 5.41 Å². The van der Waals surface area contributed by atoms with Gasteiger partial charge in [-0.25, -0.2) is 0 Å². The van der Waals surface area contributed by atoms with E-state index in [0.29, 0.717) is 18.2 Å². The van der Waals surface area contributed by atoms with Gasteiger partial charge in [0.2, 0.25) is 11.8 Å². The third kappa shape index (κ3) is 4.02. The van der Waals surface area contributed by atoms with Crippen LogP contribution in [0.2, 0.25) is 0 Å². The molecule has 5 heteroatoms. The van der Waals surface area contributed by atoms with E-state index in [-0.39, 0.29) is 22.6 Å². The molecule has 0 atom stereocenters. The van der Waals surface area contributed by atoms with Crippen molar-refractivity contribution in [3.8, 4) is 0 Å². The molecule has 1 saturated heterocycles. The van der Waals surface area contributed by atoms with Crippen LogP contribution in [0.25, 0.3) is 0 Å². The molecule has 2 amide bonds. The molecule has 4 nitrogen and oxygen atoms in total. The van der Waals surface area contributed by atoms with Gasteiger partial charge in [0.15, 0.2) is 5.11 Å². The van der Waals surface area contributed by atoms with Crippen molar-refractivity contribution in [2.75, 3.05) is 13.1 Å². The standard InChI is InChI=1S/C16H28N2O2S/c1-14(2,3)9-17-11(19)16(7,8)12(20)18(13(17)21)10-15(4,5)6/h9-10H2,1-8H3. The molecule has 0 aromatic heterocycles. The molecule has 120 valence electrons. The molecule has 1 rings (SSSR count). The summed E-state index contributed by atoms with van der Waals surface area (Å²) in [5, 5.41) is 0.342. The van der Waals surface area contributed by atoms with Crippen LogP contribution in [0.5, 0.6) is 0 Å². The highest BCUT2D eigenvalue weighted by atomic mass is 32.1. The number of amides is 2. The summed E-state index contributed by atoms with van der Waals surface area (Å²) in [7, 11) is 0. The molecule has 0 spiro atoms. The van der Waals surface area contributed by atoms with Crippen LogP contribution in [0, 0.1) is 16.2 Å². The number of nitrogens with zero attached hydrogens (tertiary/aromatic N) is 2. The summed E-state index contributed by atoms with van der Waals surface area (Å²) in [5.41, 5.74) is -1.22. The fourth-order valence-electron chi connectivity index (χ4n) is 2.31. The maximum absolute atomic E-state index is 12.6. The minimum absolute atomic E-state index is 0.0798. The molecule has 1 aliphatic heterocycles. The molecule has 0 bridgehead atoms. The minimum Gasteiger partial charge on any atom is -0.287 e. The molecule has 0 N–H and O–H groups in total. The topological polar surface area (TPSA) is 40.6 Å². The zero-order valence-corrected chi connectivity index (χ0v) is 15.3. The second-order valence-corrected chi connectivity index (χ2v) is 9.18. The van der Waals surface area contributed by atoms with Crippen molar-refractivity contribution in [2.45, 2.75) is 55.4 Å². The first-order chi connectivity index (χ1) is 9.17. The summed E-state index contributed by atoms with van der Waals surface area (Å²) in [6.07, 6.45) is 0. The first kappa shape index (κ1) is 18.1. The van der Waals surface area contributed by atoms with Gasteiger partial charge >= 0.3 is 0 Å². The normalized spacial score (nSPS) is 20.3. The van der Waals surface area contributed by atoms with Gasteiger partial charge in [0.1, 0.15) is 5.41 Å². The van der Waals surface area contributed by atoms with E-state index in [4.69, 9.17) is 12.2 Å². The summed E-state index contributed by atoms with van der Waals surface area (Å²) in [5.74, 6) is -0.393. The predicted octanol–water partition coefficient (Wildman–Crippen LogP) is 3.06. The molecule has 0 aromatic rings. The van der Waals surface area contributed by atoms with Gasteiger partial charge in [-0.15, -0.1) is 0 Å². The van der Waals surface area contributed by atoms with Gasteiger partial charge in [-0.3, -0.25) is 19.4 Å². The monoisotopic (exact) mass is 312 g/mol. The van der Waals surface area contributed by atoms with E-state index >= 15 is 0 Å². The van der Waals surface area contributed by atoms with E-state index in [0.717, 1.165) is 0 Å². The van der Waals surface area contributed by atoms with Crippen LogP contribution in [-0.2, 0) is 9.59 Å². The molecule has 21 heavy (non-hydrogen) atoms. The third-order valence-electron chi connectivity index (χ3n) is 3.29. The second-order valence-electron chi connectivity index (χ2n) is 8.81. The highest BCUT2D eigenvalue weighted by molar-refractivity contribution is 7.80. The average molecular weight is 312 g/mol.